The van der Waals surface area contributed by atoms with E-state index in [2.05, 4.69) is 18.3 Å². The van der Waals surface area contributed by atoms with E-state index >= 15 is 0 Å². The summed E-state index contributed by atoms with van der Waals surface area (Å²) in [4.78, 5) is 14.1. The topological polar surface area (TPSA) is 32.3 Å². The summed E-state index contributed by atoms with van der Waals surface area (Å²) in [6.45, 7) is 5.89. The van der Waals surface area contributed by atoms with Crippen molar-refractivity contribution in [1.82, 2.24) is 10.2 Å². The molecule has 2 aliphatic heterocycles. The van der Waals surface area contributed by atoms with Crippen molar-refractivity contribution in [2.45, 2.75) is 26.2 Å². The van der Waals surface area contributed by atoms with Crippen LogP contribution >= 0.6 is 0 Å². The van der Waals surface area contributed by atoms with Gasteiger partial charge in [-0.2, -0.15) is 0 Å². The van der Waals surface area contributed by atoms with Crippen LogP contribution in [0.3, 0.4) is 0 Å². The highest BCUT2D eigenvalue weighted by atomic mass is 16.2. The van der Waals surface area contributed by atoms with Gasteiger partial charge in [0.1, 0.15) is 0 Å². The first kappa shape index (κ1) is 10.7. The molecule has 0 spiro atoms. The molecule has 3 heteroatoms. The minimum absolute atomic E-state index is 0.276. The second-order valence-corrected chi connectivity index (χ2v) is 4.61. The van der Waals surface area contributed by atoms with Crippen LogP contribution in [0.4, 0.5) is 0 Å². The predicted molar refractivity (Wildman–Crippen MR) is 60.5 cm³/mol. The Labute approximate surface area is 91.5 Å². The van der Waals surface area contributed by atoms with E-state index in [1.807, 2.05) is 4.90 Å². The lowest BCUT2D eigenvalue weighted by Gasteiger charge is -2.31. The standard InChI is InChI=1S/C12H20N2O/c1-10-4-8-14(9-5-10)12(15)11-2-6-13-7-3-11/h4,11,13H,2-3,5-9H2,1H3. The molecule has 0 saturated carbocycles. The first-order valence-electron chi connectivity index (χ1n) is 5.92. The summed E-state index contributed by atoms with van der Waals surface area (Å²) in [5.41, 5.74) is 1.42. The lowest BCUT2D eigenvalue weighted by atomic mass is 9.95. The number of rotatable bonds is 1. The lowest BCUT2D eigenvalue weighted by molar-refractivity contribution is -0.136. The number of piperidine rings is 1. The van der Waals surface area contributed by atoms with E-state index in [9.17, 15) is 4.79 Å². The molecule has 84 valence electrons. The van der Waals surface area contributed by atoms with Crippen molar-refractivity contribution >= 4 is 5.91 Å². The maximum absolute atomic E-state index is 12.1. The third kappa shape index (κ3) is 2.59. The normalized spacial score (nSPS) is 23.8. The van der Waals surface area contributed by atoms with Crippen LogP contribution in [0.25, 0.3) is 0 Å². The third-order valence-corrected chi connectivity index (χ3v) is 3.44. The molecule has 0 atom stereocenters. The molecule has 15 heavy (non-hydrogen) atoms. The number of nitrogens with zero attached hydrogens (tertiary/aromatic N) is 1. The molecule has 1 amide bonds. The molecule has 2 aliphatic rings. The average Bonchev–Trinajstić information content (AvgIpc) is 2.30. The smallest absolute Gasteiger partial charge is 0.226 e. The number of carbonyl (C=O) groups is 1. The Morgan fingerprint density at radius 2 is 2.20 bits per heavy atom. The molecule has 0 radical (unpaired) electrons. The maximum atomic E-state index is 12.1. The first-order chi connectivity index (χ1) is 7.27. The second kappa shape index (κ2) is 4.79. The van der Waals surface area contributed by atoms with Gasteiger partial charge in [-0.05, 0) is 39.3 Å². The van der Waals surface area contributed by atoms with Crippen LogP contribution in [0.5, 0.6) is 0 Å². The van der Waals surface area contributed by atoms with Gasteiger partial charge < -0.3 is 10.2 Å². The van der Waals surface area contributed by atoms with Crippen molar-refractivity contribution in [2.24, 2.45) is 5.92 Å². The van der Waals surface area contributed by atoms with Crippen LogP contribution in [-0.2, 0) is 4.79 Å². The van der Waals surface area contributed by atoms with Crippen molar-refractivity contribution in [1.29, 1.82) is 0 Å². The van der Waals surface area contributed by atoms with E-state index in [-0.39, 0.29) is 5.92 Å². The van der Waals surface area contributed by atoms with Gasteiger partial charge in [-0.3, -0.25) is 4.79 Å². The number of nitrogens with one attached hydrogen (secondary N) is 1. The van der Waals surface area contributed by atoms with Crippen LogP contribution in [0.1, 0.15) is 26.2 Å². The molecule has 2 rings (SSSR count). The van der Waals surface area contributed by atoms with Crippen LogP contribution in [0, 0.1) is 5.92 Å². The van der Waals surface area contributed by atoms with E-state index in [0.29, 0.717) is 5.91 Å². The van der Waals surface area contributed by atoms with Gasteiger partial charge in [-0.1, -0.05) is 11.6 Å². The quantitative estimate of drug-likeness (QED) is 0.656. The summed E-state index contributed by atoms with van der Waals surface area (Å²) in [5.74, 6) is 0.651. The van der Waals surface area contributed by atoms with Crippen LogP contribution in [-0.4, -0.2) is 37.0 Å². The highest BCUT2D eigenvalue weighted by Crippen LogP contribution is 2.18. The van der Waals surface area contributed by atoms with Gasteiger partial charge in [0, 0.05) is 19.0 Å². The zero-order valence-corrected chi connectivity index (χ0v) is 9.46. The first-order valence-corrected chi connectivity index (χ1v) is 5.92. The summed E-state index contributed by atoms with van der Waals surface area (Å²) in [7, 11) is 0. The average molecular weight is 208 g/mol. The summed E-state index contributed by atoms with van der Waals surface area (Å²) in [6.07, 6.45) is 5.26. The van der Waals surface area contributed by atoms with Gasteiger partial charge in [0.05, 0.1) is 0 Å². The molecular formula is C12H20N2O. The predicted octanol–water partition coefficient (Wildman–Crippen LogP) is 1.16. The molecule has 1 fully saturated rings. The fourth-order valence-corrected chi connectivity index (χ4v) is 2.30. The van der Waals surface area contributed by atoms with Gasteiger partial charge in [0.25, 0.3) is 0 Å². The molecular weight excluding hydrogens is 188 g/mol. The Balaban J connectivity index is 1.90. The Morgan fingerprint density at radius 3 is 2.80 bits per heavy atom. The summed E-state index contributed by atoms with van der Waals surface area (Å²) >= 11 is 0. The maximum Gasteiger partial charge on any atom is 0.226 e. The number of hydrogen-bond acceptors (Lipinski definition) is 2. The zero-order valence-electron chi connectivity index (χ0n) is 9.46. The number of hydrogen-bond donors (Lipinski definition) is 1. The van der Waals surface area contributed by atoms with E-state index in [0.717, 1.165) is 45.4 Å². The van der Waals surface area contributed by atoms with Gasteiger partial charge in [-0.15, -0.1) is 0 Å². The Bertz CT molecular complexity index is 267. The van der Waals surface area contributed by atoms with Crippen molar-refractivity contribution in [3.63, 3.8) is 0 Å². The van der Waals surface area contributed by atoms with Crippen LogP contribution < -0.4 is 5.32 Å². The summed E-state index contributed by atoms with van der Waals surface area (Å²) < 4.78 is 0. The van der Waals surface area contributed by atoms with E-state index in [1.165, 1.54) is 5.57 Å². The molecule has 0 aromatic carbocycles. The zero-order chi connectivity index (χ0) is 10.7. The lowest BCUT2D eigenvalue weighted by Crippen LogP contribution is -2.42. The minimum Gasteiger partial charge on any atom is -0.338 e. The van der Waals surface area contributed by atoms with Crippen molar-refractivity contribution in [3.05, 3.63) is 11.6 Å². The van der Waals surface area contributed by atoms with Crippen LogP contribution in [0.2, 0.25) is 0 Å². The molecule has 1 saturated heterocycles. The Hall–Kier alpha value is -0.830. The highest BCUT2D eigenvalue weighted by molar-refractivity contribution is 5.79. The highest BCUT2D eigenvalue weighted by Gasteiger charge is 2.26. The molecule has 2 heterocycles. The molecule has 0 bridgehead atoms. The van der Waals surface area contributed by atoms with Gasteiger partial charge in [0.2, 0.25) is 5.91 Å². The SMILES string of the molecule is CC1=CCN(C(=O)C2CCNCC2)CC1. The second-order valence-electron chi connectivity index (χ2n) is 4.61. The monoisotopic (exact) mass is 208 g/mol. The fraction of sp³-hybridized carbons (Fsp3) is 0.750. The molecule has 1 N–H and O–H groups in total. The molecule has 0 aliphatic carbocycles. The van der Waals surface area contributed by atoms with E-state index in [1.54, 1.807) is 0 Å². The van der Waals surface area contributed by atoms with Gasteiger partial charge in [0.15, 0.2) is 0 Å². The van der Waals surface area contributed by atoms with E-state index in [4.69, 9.17) is 0 Å². The Morgan fingerprint density at radius 1 is 1.47 bits per heavy atom. The van der Waals surface area contributed by atoms with E-state index < -0.39 is 0 Å². The van der Waals surface area contributed by atoms with Gasteiger partial charge in [-0.25, -0.2) is 0 Å². The third-order valence-electron chi connectivity index (χ3n) is 3.44. The van der Waals surface area contributed by atoms with Crippen molar-refractivity contribution < 1.29 is 4.79 Å². The summed E-state index contributed by atoms with van der Waals surface area (Å²) in [6, 6.07) is 0. The molecule has 3 nitrogen and oxygen atoms in total. The van der Waals surface area contributed by atoms with Crippen LogP contribution in [0.15, 0.2) is 11.6 Å². The fourth-order valence-electron chi connectivity index (χ4n) is 2.30. The van der Waals surface area contributed by atoms with Crippen molar-refractivity contribution in [2.75, 3.05) is 26.2 Å². The summed E-state index contributed by atoms with van der Waals surface area (Å²) in [5, 5.41) is 3.30. The number of carbonyl (C=O) groups excluding carboxylic acids is 1. The molecule has 0 aromatic rings. The van der Waals surface area contributed by atoms with Gasteiger partial charge >= 0.3 is 0 Å². The number of amides is 1. The minimum atomic E-state index is 0.276. The molecule has 0 aromatic heterocycles. The largest absolute Gasteiger partial charge is 0.338 e. The molecule has 0 unspecified atom stereocenters. The van der Waals surface area contributed by atoms with Crippen molar-refractivity contribution in [3.8, 4) is 0 Å². The Kier molecular flexibility index (Phi) is 3.41.